The summed E-state index contributed by atoms with van der Waals surface area (Å²) >= 11 is 0. The topological polar surface area (TPSA) is 40.6 Å². The van der Waals surface area contributed by atoms with Gasteiger partial charge in [0.05, 0.1) is 49.8 Å². The number of benzene rings is 9. The number of aromatic nitrogens is 5. The van der Waals surface area contributed by atoms with Gasteiger partial charge in [0.2, 0.25) is 0 Å². The molecular formula is C56H33N5. The normalized spacial score (nSPS) is 12.3. The van der Waals surface area contributed by atoms with E-state index in [2.05, 4.69) is 208 Å². The average molecular weight is 776 g/mol. The maximum atomic E-state index is 5.59. The summed E-state index contributed by atoms with van der Waals surface area (Å²) in [5.41, 5.74) is 17.7. The Balaban J connectivity index is 1.14. The van der Waals surface area contributed by atoms with E-state index in [9.17, 15) is 0 Å². The van der Waals surface area contributed by atoms with Crippen LogP contribution in [0.15, 0.2) is 200 Å². The average Bonchev–Trinajstić information content (AvgIpc) is 3.93. The fourth-order valence-electron chi connectivity index (χ4n) is 10.5. The zero-order valence-corrected chi connectivity index (χ0v) is 32.8. The third kappa shape index (κ3) is 4.39. The summed E-state index contributed by atoms with van der Waals surface area (Å²) in [6.45, 7) is 0. The maximum Gasteiger partial charge on any atom is 0.165 e. The summed E-state index contributed by atoms with van der Waals surface area (Å²) in [4.78, 5) is 11.1. The van der Waals surface area contributed by atoms with Crippen molar-refractivity contribution >= 4 is 76.5 Å². The van der Waals surface area contributed by atoms with Crippen LogP contribution >= 0.6 is 0 Å². The minimum absolute atomic E-state index is 0.802. The molecule has 5 heterocycles. The highest BCUT2D eigenvalue weighted by Crippen LogP contribution is 2.52. The molecule has 13 aromatic rings. The van der Waals surface area contributed by atoms with Crippen LogP contribution in [0, 0.1) is 0 Å². The van der Waals surface area contributed by atoms with E-state index in [1.165, 1.54) is 76.8 Å². The second-order valence-electron chi connectivity index (χ2n) is 16.1. The summed E-state index contributed by atoms with van der Waals surface area (Å²) in [7, 11) is 0. The van der Waals surface area contributed by atoms with Crippen LogP contribution in [0.3, 0.4) is 0 Å². The summed E-state index contributed by atoms with van der Waals surface area (Å²) < 4.78 is 7.25. The molecule has 5 nitrogen and oxygen atoms in total. The molecule has 1 aliphatic rings. The van der Waals surface area contributed by atoms with Crippen LogP contribution < -0.4 is 0 Å². The molecule has 0 N–H and O–H groups in total. The molecule has 1 aliphatic heterocycles. The van der Waals surface area contributed by atoms with Gasteiger partial charge in [-0.1, -0.05) is 133 Å². The van der Waals surface area contributed by atoms with Gasteiger partial charge in [0.15, 0.2) is 5.82 Å². The van der Waals surface area contributed by atoms with Gasteiger partial charge in [-0.2, -0.15) is 0 Å². The van der Waals surface area contributed by atoms with Crippen molar-refractivity contribution in [1.29, 1.82) is 0 Å². The molecule has 5 heteroatoms. The molecule has 0 amide bonds. The standard InChI is InChI=1S/C56H33N5/c1-2-16-35(17-3-1)59-46-26-12-7-20-38(46)42-32-34(30-31-50(42)59)54-56(58-45-25-11-10-24-44(45)57-54)61-49-29-15-9-23-41(49)52-51(61)33-43-39-21-8-14-28-48(39)60-47-27-13-6-19-37(47)36-18-4-5-22-40(36)53(52)55(43)60/h1-33H. The van der Waals surface area contributed by atoms with E-state index in [1.54, 1.807) is 0 Å². The van der Waals surface area contributed by atoms with Crippen LogP contribution in [0.1, 0.15) is 0 Å². The number of fused-ring (bicyclic) bond motifs is 16. The first kappa shape index (κ1) is 32.7. The molecule has 0 atom stereocenters. The number of hydrogen-bond donors (Lipinski definition) is 0. The Hall–Kier alpha value is -8.28. The van der Waals surface area contributed by atoms with Crippen LogP contribution in [0.4, 0.5) is 0 Å². The Morgan fingerprint density at radius 2 is 0.918 bits per heavy atom. The molecule has 0 bridgehead atoms. The lowest BCUT2D eigenvalue weighted by molar-refractivity contribution is 1.08. The molecule has 0 radical (unpaired) electrons. The maximum absolute atomic E-state index is 5.59. The Morgan fingerprint density at radius 1 is 0.344 bits per heavy atom. The Bertz CT molecular complexity index is 4000. The molecule has 0 unspecified atom stereocenters. The lowest BCUT2D eigenvalue weighted by atomic mass is 9.91. The van der Waals surface area contributed by atoms with Crippen LogP contribution in [0.25, 0.3) is 127 Å². The lowest BCUT2D eigenvalue weighted by Gasteiger charge is -2.15. The lowest BCUT2D eigenvalue weighted by Crippen LogP contribution is -2.04. The van der Waals surface area contributed by atoms with Crippen LogP contribution in [0.5, 0.6) is 0 Å². The molecule has 0 spiro atoms. The second kappa shape index (κ2) is 12.1. The molecule has 0 saturated carbocycles. The van der Waals surface area contributed by atoms with Crippen molar-refractivity contribution in [3.8, 4) is 50.7 Å². The predicted octanol–water partition coefficient (Wildman–Crippen LogP) is 14.2. The van der Waals surface area contributed by atoms with Crippen molar-refractivity contribution in [2.75, 3.05) is 0 Å². The smallest absolute Gasteiger partial charge is 0.165 e. The Labute approximate surface area is 349 Å². The number of hydrogen-bond acceptors (Lipinski definition) is 2. The van der Waals surface area contributed by atoms with Gasteiger partial charge in [0, 0.05) is 54.7 Å². The molecular weight excluding hydrogens is 743 g/mol. The van der Waals surface area contributed by atoms with E-state index in [0.29, 0.717) is 0 Å². The van der Waals surface area contributed by atoms with Crippen LogP contribution in [-0.4, -0.2) is 23.7 Å². The van der Waals surface area contributed by atoms with Gasteiger partial charge in [-0.05, 0) is 77.9 Å². The van der Waals surface area contributed by atoms with Crippen molar-refractivity contribution in [3.05, 3.63) is 200 Å². The van der Waals surface area contributed by atoms with E-state index in [1.807, 2.05) is 6.07 Å². The first-order chi connectivity index (χ1) is 30.3. The van der Waals surface area contributed by atoms with Gasteiger partial charge in [-0.3, -0.25) is 4.57 Å². The Kier molecular flexibility index (Phi) is 6.49. The third-order valence-corrected chi connectivity index (χ3v) is 12.9. The number of para-hydroxylation sites is 7. The molecule has 282 valence electrons. The molecule has 14 rings (SSSR count). The highest BCUT2D eigenvalue weighted by atomic mass is 15.1. The highest BCUT2D eigenvalue weighted by Gasteiger charge is 2.30. The van der Waals surface area contributed by atoms with Crippen molar-refractivity contribution in [2.45, 2.75) is 0 Å². The zero-order valence-electron chi connectivity index (χ0n) is 32.8. The monoisotopic (exact) mass is 775 g/mol. The largest absolute Gasteiger partial charge is 0.309 e. The summed E-state index contributed by atoms with van der Waals surface area (Å²) in [6, 6.07) is 72.3. The summed E-state index contributed by atoms with van der Waals surface area (Å²) in [6.07, 6.45) is 0. The highest BCUT2D eigenvalue weighted by molar-refractivity contribution is 6.28. The first-order valence-corrected chi connectivity index (χ1v) is 20.8. The number of rotatable bonds is 3. The van der Waals surface area contributed by atoms with Crippen molar-refractivity contribution in [2.24, 2.45) is 0 Å². The molecule has 9 aromatic carbocycles. The minimum atomic E-state index is 0.802. The Morgan fingerprint density at radius 3 is 1.70 bits per heavy atom. The summed E-state index contributed by atoms with van der Waals surface area (Å²) in [5, 5.41) is 7.18. The van der Waals surface area contributed by atoms with Gasteiger partial charge in [0.1, 0.15) is 5.69 Å². The fraction of sp³-hybridized carbons (Fsp3) is 0. The van der Waals surface area contributed by atoms with Gasteiger partial charge in [0.25, 0.3) is 0 Å². The van der Waals surface area contributed by atoms with E-state index in [-0.39, 0.29) is 0 Å². The van der Waals surface area contributed by atoms with Crippen LogP contribution in [-0.2, 0) is 0 Å². The SMILES string of the molecule is c1ccc(-n2c3ccccc3c3cc(-c4nc5ccccc5nc4-n4c5ccccc5c5c6c7c(cc54)c4ccccc4n7-c4ccccc4-c4ccccc4-6)ccc32)cc1. The van der Waals surface area contributed by atoms with Gasteiger partial charge in [-0.25, -0.2) is 9.97 Å². The van der Waals surface area contributed by atoms with Gasteiger partial charge in [-0.15, -0.1) is 0 Å². The van der Waals surface area contributed by atoms with E-state index in [4.69, 9.17) is 9.97 Å². The van der Waals surface area contributed by atoms with Crippen LogP contribution in [0.2, 0.25) is 0 Å². The third-order valence-electron chi connectivity index (χ3n) is 12.9. The molecule has 0 aliphatic carbocycles. The fourth-order valence-corrected chi connectivity index (χ4v) is 10.5. The molecule has 0 fully saturated rings. The molecule has 61 heavy (non-hydrogen) atoms. The van der Waals surface area contributed by atoms with Gasteiger partial charge < -0.3 is 9.13 Å². The molecule has 0 saturated heterocycles. The molecule has 4 aromatic heterocycles. The van der Waals surface area contributed by atoms with Crippen molar-refractivity contribution in [3.63, 3.8) is 0 Å². The van der Waals surface area contributed by atoms with Gasteiger partial charge >= 0.3 is 0 Å². The second-order valence-corrected chi connectivity index (χ2v) is 16.1. The predicted molar refractivity (Wildman–Crippen MR) is 252 cm³/mol. The van der Waals surface area contributed by atoms with E-state index < -0.39 is 0 Å². The van der Waals surface area contributed by atoms with E-state index in [0.717, 1.165) is 50.3 Å². The minimum Gasteiger partial charge on any atom is -0.309 e. The van der Waals surface area contributed by atoms with E-state index >= 15 is 0 Å². The van der Waals surface area contributed by atoms with Crippen molar-refractivity contribution in [1.82, 2.24) is 23.7 Å². The quantitative estimate of drug-likeness (QED) is 0.179. The van der Waals surface area contributed by atoms with Crippen molar-refractivity contribution < 1.29 is 0 Å². The number of nitrogens with zero attached hydrogens (tertiary/aromatic N) is 5. The summed E-state index contributed by atoms with van der Waals surface area (Å²) in [5.74, 6) is 0.802. The first-order valence-electron chi connectivity index (χ1n) is 20.8. The zero-order chi connectivity index (χ0) is 39.8.